The first-order chi connectivity index (χ1) is 8.95. The SMILES string of the molecule is [B]N1CCc2cc3c(cc2CC1)C(C)(C)CC(=O)N3. The summed E-state index contributed by atoms with van der Waals surface area (Å²) in [5, 5.41) is 3.01. The number of hydrogen-bond donors (Lipinski definition) is 1. The molecule has 19 heavy (non-hydrogen) atoms. The Kier molecular flexibility index (Phi) is 2.93. The Labute approximate surface area is 115 Å². The molecule has 2 aliphatic rings. The maximum atomic E-state index is 11.8. The molecule has 0 spiro atoms. The number of carbonyl (C=O) groups excluding carboxylic acids is 1. The van der Waals surface area contributed by atoms with Crippen LogP contribution in [0.1, 0.15) is 37.0 Å². The maximum Gasteiger partial charge on any atom is 0.225 e. The van der Waals surface area contributed by atoms with Crippen molar-refractivity contribution in [2.24, 2.45) is 0 Å². The molecule has 1 aromatic rings. The van der Waals surface area contributed by atoms with Crippen LogP contribution >= 0.6 is 0 Å². The average molecular weight is 254 g/mol. The van der Waals surface area contributed by atoms with Gasteiger partial charge in [0.1, 0.15) is 0 Å². The van der Waals surface area contributed by atoms with Gasteiger partial charge in [-0.1, -0.05) is 19.9 Å². The normalized spacial score (nSPS) is 22.1. The standard InChI is InChI=1S/C15H19BN2O/c1-15(2)9-14(19)17-13-8-11-4-6-18(16)5-3-10(11)7-12(13)15/h7-8H,3-6,9H2,1-2H3,(H,17,19). The van der Waals surface area contributed by atoms with Crippen LogP contribution in [0.3, 0.4) is 0 Å². The summed E-state index contributed by atoms with van der Waals surface area (Å²) in [6.45, 7) is 6.06. The first kappa shape index (κ1) is 12.7. The van der Waals surface area contributed by atoms with Crippen molar-refractivity contribution in [1.29, 1.82) is 0 Å². The van der Waals surface area contributed by atoms with E-state index in [0.717, 1.165) is 31.6 Å². The van der Waals surface area contributed by atoms with E-state index in [1.54, 1.807) is 0 Å². The second-order valence-corrected chi connectivity index (χ2v) is 6.31. The van der Waals surface area contributed by atoms with Gasteiger partial charge in [0.2, 0.25) is 5.91 Å². The molecular weight excluding hydrogens is 235 g/mol. The lowest BCUT2D eigenvalue weighted by atomic mass is 9.76. The number of anilines is 1. The third-order valence-electron chi connectivity index (χ3n) is 4.28. The quantitative estimate of drug-likeness (QED) is 0.716. The first-order valence-electron chi connectivity index (χ1n) is 6.91. The molecule has 3 rings (SSSR count). The van der Waals surface area contributed by atoms with Crippen LogP contribution in [0.5, 0.6) is 0 Å². The van der Waals surface area contributed by atoms with Crippen LogP contribution in [0.15, 0.2) is 12.1 Å². The minimum atomic E-state index is -0.0819. The van der Waals surface area contributed by atoms with Gasteiger partial charge in [0.25, 0.3) is 0 Å². The molecule has 0 aromatic heterocycles. The number of nitrogens with zero attached hydrogens (tertiary/aromatic N) is 1. The molecule has 0 saturated heterocycles. The molecule has 0 atom stereocenters. The highest BCUT2D eigenvalue weighted by atomic mass is 16.1. The van der Waals surface area contributed by atoms with Crippen LogP contribution in [0.4, 0.5) is 5.69 Å². The molecule has 1 amide bonds. The topological polar surface area (TPSA) is 32.3 Å². The van der Waals surface area contributed by atoms with Crippen molar-refractivity contribution in [3.05, 3.63) is 28.8 Å². The van der Waals surface area contributed by atoms with Crippen LogP contribution in [0, 0.1) is 0 Å². The predicted molar refractivity (Wildman–Crippen MR) is 77.4 cm³/mol. The number of benzene rings is 1. The minimum Gasteiger partial charge on any atom is -0.353 e. The minimum absolute atomic E-state index is 0.0819. The van der Waals surface area contributed by atoms with Gasteiger partial charge in [-0.05, 0) is 48.7 Å². The van der Waals surface area contributed by atoms with E-state index in [0.29, 0.717) is 6.42 Å². The van der Waals surface area contributed by atoms with E-state index >= 15 is 0 Å². The smallest absolute Gasteiger partial charge is 0.225 e. The lowest BCUT2D eigenvalue weighted by Crippen LogP contribution is -2.32. The third kappa shape index (κ3) is 2.29. The average Bonchev–Trinajstić information content (AvgIpc) is 2.49. The number of rotatable bonds is 0. The summed E-state index contributed by atoms with van der Waals surface area (Å²) in [4.78, 5) is 13.7. The molecule has 4 heteroatoms. The van der Waals surface area contributed by atoms with Gasteiger partial charge in [-0.3, -0.25) is 4.79 Å². The van der Waals surface area contributed by atoms with Crippen LogP contribution in [-0.2, 0) is 23.1 Å². The molecule has 1 aromatic carbocycles. The first-order valence-corrected chi connectivity index (χ1v) is 6.91. The fourth-order valence-corrected chi connectivity index (χ4v) is 3.15. The van der Waals surface area contributed by atoms with Gasteiger partial charge in [0, 0.05) is 17.5 Å². The van der Waals surface area contributed by atoms with Gasteiger partial charge in [-0.15, -0.1) is 0 Å². The van der Waals surface area contributed by atoms with Gasteiger partial charge in [0.05, 0.1) is 0 Å². The Morgan fingerprint density at radius 3 is 2.53 bits per heavy atom. The van der Waals surface area contributed by atoms with E-state index in [2.05, 4.69) is 31.3 Å². The molecule has 1 N–H and O–H groups in total. The molecule has 0 fully saturated rings. The Balaban J connectivity index is 2.07. The highest BCUT2D eigenvalue weighted by Crippen LogP contribution is 2.39. The van der Waals surface area contributed by atoms with Crippen molar-refractivity contribution < 1.29 is 4.79 Å². The third-order valence-corrected chi connectivity index (χ3v) is 4.28. The molecule has 3 nitrogen and oxygen atoms in total. The second kappa shape index (κ2) is 4.38. The lowest BCUT2D eigenvalue weighted by Gasteiger charge is -2.33. The Morgan fingerprint density at radius 1 is 1.21 bits per heavy atom. The van der Waals surface area contributed by atoms with Gasteiger partial charge >= 0.3 is 0 Å². The molecular formula is C15H19BN2O. The van der Waals surface area contributed by atoms with Crippen LogP contribution in [-0.4, -0.2) is 31.8 Å². The van der Waals surface area contributed by atoms with Gasteiger partial charge in [0.15, 0.2) is 7.98 Å². The van der Waals surface area contributed by atoms with Gasteiger partial charge in [-0.25, -0.2) is 0 Å². The zero-order chi connectivity index (χ0) is 13.6. The fraction of sp³-hybridized carbons (Fsp3) is 0.533. The monoisotopic (exact) mass is 254 g/mol. The number of nitrogens with one attached hydrogen (secondary N) is 1. The summed E-state index contributed by atoms with van der Waals surface area (Å²) in [6.07, 6.45) is 2.50. The zero-order valence-corrected chi connectivity index (χ0v) is 11.6. The Morgan fingerprint density at radius 2 is 1.84 bits per heavy atom. The van der Waals surface area contributed by atoms with Crippen LogP contribution in [0.25, 0.3) is 0 Å². The lowest BCUT2D eigenvalue weighted by molar-refractivity contribution is -0.117. The molecule has 98 valence electrons. The number of fused-ring (bicyclic) bond motifs is 2. The Hall–Kier alpha value is -1.29. The molecule has 0 aliphatic carbocycles. The van der Waals surface area contributed by atoms with Crippen molar-refractivity contribution in [3.63, 3.8) is 0 Å². The van der Waals surface area contributed by atoms with E-state index in [1.807, 2.05) is 4.81 Å². The van der Waals surface area contributed by atoms with E-state index < -0.39 is 0 Å². The summed E-state index contributed by atoms with van der Waals surface area (Å²) in [5.41, 5.74) is 4.88. The molecule has 0 bridgehead atoms. The summed E-state index contributed by atoms with van der Waals surface area (Å²) in [6, 6.07) is 4.44. The van der Waals surface area contributed by atoms with Crippen molar-refractivity contribution in [2.45, 2.75) is 38.5 Å². The maximum absolute atomic E-state index is 11.8. The summed E-state index contributed by atoms with van der Waals surface area (Å²) < 4.78 is 0. The number of carbonyl (C=O) groups is 1. The van der Waals surface area contributed by atoms with Crippen molar-refractivity contribution in [3.8, 4) is 0 Å². The molecule has 0 saturated carbocycles. The van der Waals surface area contributed by atoms with Gasteiger partial charge < -0.3 is 10.1 Å². The number of amides is 1. The summed E-state index contributed by atoms with van der Waals surface area (Å²) >= 11 is 0. The zero-order valence-electron chi connectivity index (χ0n) is 11.6. The second-order valence-electron chi connectivity index (χ2n) is 6.31. The van der Waals surface area contributed by atoms with Crippen molar-refractivity contribution in [1.82, 2.24) is 4.81 Å². The summed E-state index contributed by atoms with van der Waals surface area (Å²) in [5.74, 6) is 0.117. The molecule has 0 unspecified atom stereocenters. The number of hydrogen-bond acceptors (Lipinski definition) is 2. The van der Waals surface area contributed by atoms with E-state index in [4.69, 9.17) is 7.98 Å². The van der Waals surface area contributed by atoms with E-state index in [9.17, 15) is 4.79 Å². The van der Waals surface area contributed by atoms with E-state index in [-0.39, 0.29) is 11.3 Å². The fourth-order valence-electron chi connectivity index (χ4n) is 3.15. The largest absolute Gasteiger partial charge is 0.353 e. The molecule has 2 radical (unpaired) electrons. The van der Waals surface area contributed by atoms with E-state index in [1.165, 1.54) is 16.7 Å². The van der Waals surface area contributed by atoms with Crippen LogP contribution in [0.2, 0.25) is 0 Å². The van der Waals surface area contributed by atoms with Gasteiger partial charge in [-0.2, -0.15) is 0 Å². The molecule has 2 heterocycles. The predicted octanol–water partition coefficient (Wildman–Crippen LogP) is 1.79. The highest BCUT2D eigenvalue weighted by molar-refractivity contribution is 6.04. The molecule has 2 aliphatic heterocycles. The van der Waals surface area contributed by atoms with Crippen molar-refractivity contribution in [2.75, 3.05) is 18.4 Å². The summed E-state index contributed by atoms with van der Waals surface area (Å²) in [7, 11) is 5.91. The van der Waals surface area contributed by atoms with Crippen molar-refractivity contribution >= 4 is 19.6 Å². The Bertz CT molecular complexity index is 539. The highest BCUT2D eigenvalue weighted by Gasteiger charge is 2.32. The van der Waals surface area contributed by atoms with Crippen LogP contribution < -0.4 is 5.32 Å².